The van der Waals surface area contributed by atoms with E-state index in [-0.39, 0.29) is 18.2 Å². The first kappa shape index (κ1) is 15.4. The molecule has 0 radical (unpaired) electrons. The van der Waals surface area contributed by atoms with Gasteiger partial charge in [0.05, 0.1) is 23.9 Å². The third-order valence-electron chi connectivity index (χ3n) is 3.18. The largest absolute Gasteiger partial charge is 0.373 e. The lowest BCUT2D eigenvalue weighted by Crippen LogP contribution is -2.52. The van der Waals surface area contributed by atoms with E-state index >= 15 is 0 Å². The summed E-state index contributed by atoms with van der Waals surface area (Å²) >= 11 is 0. The van der Waals surface area contributed by atoms with Gasteiger partial charge in [-0.3, -0.25) is 4.98 Å². The second kappa shape index (κ2) is 6.17. The maximum Gasteiger partial charge on any atom is 0.280 e. The molecule has 20 heavy (non-hydrogen) atoms. The highest BCUT2D eigenvalue weighted by Gasteiger charge is 2.32. The Kier molecular flexibility index (Phi) is 4.74. The molecule has 0 amide bonds. The molecule has 2 rings (SSSR count). The molecule has 0 aliphatic carbocycles. The number of nitrogens with zero attached hydrogens (tertiary/aromatic N) is 2. The van der Waals surface area contributed by atoms with Crippen molar-refractivity contribution in [2.24, 2.45) is 0 Å². The van der Waals surface area contributed by atoms with E-state index in [2.05, 4.69) is 9.71 Å². The van der Waals surface area contributed by atoms with Crippen molar-refractivity contribution in [1.82, 2.24) is 14.0 Å². The fraction of sp³-hybridized carbons (Fsp3) is 0.615. The molecule has 3 atom stereocenters. The van der Waals surface area contributed by atoms with Crippen LogP contribution in [-0.2, 0) is 14.9 Å². The maximum atomic E-state index is 12.4. The van der Waals surface area contributed by atoms with Crippen LogP contribution in [0, 0.1) is 0 Å². The summed E-state index contributed by atoms with van der Waals surface area (Å²) in [6, 6.07) is 5.08. The number of hydrogen-bond donors (Lipinski definition) is 1. The Labute approximate surface area is 120 Å². The molecule has 0 unspecified atom stereocenters. The lowest BCUT2D eigenvalue weighted by molar-refractivity contribution is -0.0444. The van der Waals surface area contributed by atoms with Crippen molar-refractivity contribution < 1.29 is 13.2 Å². The highest BCUT2D eigenvalue weighted by molar-refractivity contribution is 7.87. The van der Waals surface area contributed by atoms with Gasteiger partial charge in [-0.25, -0.2) is 0 Å². The van der Waals surface area contributed by atoms with E-state index in [0.29, 0.717) is 18.8 Å². The molecule has 1 N–H and O–H groups in total. The molecule has 7 heteroatoms. The summed E-state index contributed by atoms with van der Waals surface area (Å²) in [5.74, 6) is 0. The molecule has 0 saturated carbocycles. The van der Waals surface area contributed by atoms with Gasteiger partial charge in [0.25, 0.3) is 10.2 Å². The van der Waals surface area contributed by atoms with Gasteiger partial charge >= 0.3 is 0 Å². The minimum atomic E-state index is -3.53. The van der Waals surface area contributed by atoms with E-state index in [0.717, 1.165) is 0 Å². The fourth-order valence-corrected chi connectivity index (χ4v) is 3.85. The van der Waals surface area contributed by atoms with E-state index in [9.17, 15) is 8.42 Å². The van der Waals surface area contributed by atoms with E-state index < -0.39 is 10.2 Å². The van der Waals surface area contributed by atoms with Crippen molar-refractivity contribution in [3.8, 4) is 0 Å². The molecule has 0 spiro atoms. The predicted molar refractivity (Wildman–Crippen MR) is 76.3 cm³/mol. The minimum Gasteiger partial charge on any atom is -0.373 e. The van der Waals surface area contributed by atoms with E-state index in [4.69, 9.17) is 4.74 Å². The third-order valence-corrected chi connectivity index (χ3v) is 4.81. The zero-order chi connectivity index (χ0) is 14.8. The zero-order valence-electron chi connectivity index (χ0n) is 12.0. The number of hydrogen-bond acceptors (Lipinski definition) is 4. The van der Waals surface area contributed by atoms with Gasteiger partial charge in [0.1, 0.15) is 0 Å². The average molecular weight is 299 g/mol. The Morgan fingerprint density at radius 1 is 1.35 bits per heavy atom. The van der Waals surface area contributed by atoms with Crippen LogP contribution in [-0.4, -0.2) is 43.0 Å². The van der Waals surface area contributed by atoms with Crippen LogP contribution in [0.5, 0.6) is 0 Å². The standard InChI is InChI=1S/C13H21N3O3S/c1-10-8-16(9-11(2)19-10)20(17,18)15-12(3)13-6-4-5-7-14-13/h4-7,10-12,15H,8-9H2,1-3H3/t10-,11+,12-/m0/s1. The maximum absolute atomic E-state index is 12.4. The number of nitrogens with one attached hydrogen (secondary N) is 1. The van der Waals surface area contributed by atoms with Crippen molar-refractivity contribution in [3.05, 3.63) is 30.1 Å². The highest BCUT2D eigenvalue weighted by Crippen LogP contribution is 2.16. The molecular weight excluding hydrogens is 278 g/mol. The number of ether oxygens (including phenoxy) is 1. The number of aromatic nitrogens is 1. The third kappa shape index (κ3) is 3.76. The molecule has 2 heterocycles. The van der Waals surface area contributed by atoms with Crippen LogP contribution < -0.4 is 4.72 Å². The summed E-state index contributed by atoms with van der Waals surface area (Å²) in [7, 11) is -3.53. The Bertz CT molecular complexity index is 525. The Balaban J connectivity index is 2.07. The Morgan fingerprint density at radius 3 is 2.55 bits per heavy atom. The van der Waals surface area contributed by atoms with E-state index in [1.807, 2.05) is 19.9 Å². The summed E-state index contributed by atoms with van der Waals surface area (Å²) in [5, 5.41) is 0. The highest BCUT2D eigenvalue weighted by atomic mass is 32.2. The van der Waals surface area contributed by atoms with Crippen molar-refractivity contribution in [1.29, 1.82) is 0 Å². The molecule has 1 fully saturated rings. The summed E-state index contributed by atoms with van der Waals surface area (Å²) in [5.41, 5.74) is 0.699. The van der Waals surface area contributed by atoms with Gasteiger partial charge in [-0.2, -0.15) is 17.4 Å². The van der Waals surface area contributed by atoms with Crippen LogP contribution in [0.1, 0.15) is 32.5 Å². The van der Waals surface area contributed by atoms with Crippen molar-refractivity contribution in [2.75, 3.05) is 13.1 Å². The van der Waals surface area contributed by atoms with Crippen molar-refractivity contribution in [2.45, 2.75) is 39.0 Å². The molecule has 6 nitrogen and oxygen atoms in total. The molecule has 0 aromatic carbocycles. The smallest absolute Gasteiger partial charge is 0.280 e. The monoisotopic (exact) mass is 299 g/mol. The molecule has 1 aromatic heterocycles. The van der Waals surface area contributed by atoms with Crippen LogP contribution in [0.2, 0.25) is 0 Å². The van der Waals surface area contributed by atoms with Gasteiger partial charge in [0.15, 0.2) is 0 Å². The normalized spacial score (nSPS) is 26.4. The van der Waals surface area contributed by atoms with E-state index in [1.54, 1.807) is 25.3 Å². The topological polar surface area (TPSA) is 71.5 Å². The first-order chi connectivity index (χ1) is 9.38. The Morgan fingerprint density at radius 2 is 2.00 bits per heavy atom. The molecule has 1 saturated heterocycles. The number of morpholine rings is 1. The summed E-state index contributed by atoms with van der Waals surface area (Å²) in [6.07, 6.45) is 1.46. The van der Waals surface area contributed by atoms with Gasteiger partial charge in [-0.05, 0) is 32.9 Å². The molecule has 1 aromatic rings. The summed E-state index contributed by atoms with van der Waals surface area (Å²) < 4.78 is 34.4. The molecule has 1 aliphatic heterocycles. The van der Waals surface area contributed by atoms with Gasteiger partial charge in [0, 0.05) is 19.3 Å². The van der Waals surface area contributed by atoms with Crippen molar-refractivity contribution in [3.63, 3.8) is 0 Å². The quantitative estimate of drug-likeness (QED) is 0.903. The number of pyridine rings is 1. The fourth-order valence-electron chi connectivity index (χ4n) is 2.32. The zero-order valence-corrected chi connectivity index (χ0v) is 12.8. The van der Waals surface area contributed by atoms with Crippen LogP contribution >= 0.6 is 0 Å². The van der Waals surface area contributed by atoms with Gasteiger partial charge in [-0.15, -0.1) is 0 Å². The summed E-state index contributed by atoms with van der Waals surface area (Å²) in [4.78, 5) is 4.17. The number of rotatable bonds is 4. The first-order valence-corrected chi connectivity index (χ1v) is 8.16. The lowest BCUT2D eigenvalue weighted by Gasteiger charge is -2.34. The van der Waals surface area contributed by atoms with Crippen LogP contribution in [0.3, 0.4) is 0 Å². The van der Waals surface area contributed by atoms with Gasteiger partial charge < -0.3 is 4.74 Å². The molecule has 0 bridgehead atoms. The second-order valence-corrected chi connectivity index (χ2v) is 6.88. The first-order valence-electron chi connectivity index (χ1n) is 6.72. The second-order valence-electron chi connectivity index (χ2n) is 5.17. The van der Waals surface area contributed by atoms with Gasteiger partial charge in [-0.1, -0.05) is 6.07 Å². The van der Waals surface area contributed by atoms with Crippen LogP contribution in [0.15, 0.2) is 24.4 Å². The lowest BCUT2D eigenvalue weighted by atomic mass is 10.2. The molecule has 1 aliphatic rings. The minimum absolute atomic E-state index is 0.0968. The molecule has 112 valence electrons. The van der Waals surface area contributed by atoms with Gasteiger partial charge in [0.2, 0.25) is 0 Å². The SMILES string of the molecule is C[C@@H]1CN(S(=O)(=O)N[C@@H](C)c2ccccn2)C[C@H](C)O1. The van der Waals surface area contributed by atoms with Crippen LogP contribution in [0.25, 0.3) is 0 Å². The predicted octanol–water partition coefficient (Wildman–Crippen LogP) is 1.09. The van der Waals surface area contributed by atoms with Crippen LogP contribution in [0.4, 0.5) is 0 Å². The molecular formula is C13H21N3O3S. The van der Waals surface area contributed by atoms with E-state index in [1.165, 1.54) is 4.31 Å². The average Bonchev–Trinajstić information content (AvgIpc) is 2.38. The van der Waals surface area contributed by atoms with Crippen molar-refractivity contribution >= 4 is 10.2 Å². The Hall–Kier alpha value is -1.02. The summed E-state index contributed by atoms with van der Waals surface area (Å²) in [6.45, 7) is 6.27.